The van der Waals surface area contributed by atoms with E-state index in [-0.39, 0.29) is 21.1 Å². The van der Waals surface area contributed by atoms with Crippen LogP contribution in [-0.2, 0) is 27.5 Å². The van der Waals surface area contributed by atoms with E-state index in [1.807, 2.05) is 48.8 Å². The van der Waals surface area contributed by atoms with Crippen LogP contribution in [0.2, 0.25) is 0 Å². The van der Waals surface area contributed by atoms with Gasteiger partial charge in [-0.25, -0.2) is 12.1 Å². The van der Waals surface area contributed by atoms with Gasteiger partial charge in [-0.3, -0.25) is 0 Å². The van der Waals surface area contributed by atoms with E-state index in [9.17, 15) is 0 Å². The first kappa shape index (κ1) is 33.9. The van der Waals surface area contributed by atoms with Gasteiger partial charge in [0, 0.05) is 12.4 Å². The van der Waals surface area contributed by atoms with Crippen LogP contribution in [0, 0.1) is 12.6 Å². The zero-order chi connectivity index (χ0) is 30.9. The molecule has 7 aromatic rings. The second-order valence-corrected chi connectivity index (χ2v) is 10.5. The number of aromatic nitrogens is 1. The van der Waals surface area contributed by atoms with Gasteiger partial charge in [-0.05, 0) is 56.3 Å². The first-order valence-electron chi connectivity index (χ1n) is 15.3. The number of benzene rings is 6. The molecule has 0 atom stereocenters. The monoisotopic (exact) mass is 763 g/mol. The number of rotatable bonds is 1. The molecule has 0 unspecified atom stereocenters. The molecule has 224 valence electrons. The van der Waals surface area contributed by atoms with Crippen molar-refractivity contribution in [3.8, 4) is 0 Å². The Morgan fingerprint density at radius 1 is 0.565 bits per heavy atom. The van der Waals surface area contributed by atoms with Crippen LogP contribution in [0.4, 0.5) is 0 Å². The van der Waals surface area contributed by atoms with Crippen LogP contribution in [0.3, 0.4) is 0 Å². The van der Waals surface area contributed by atoms with Crippen LogP contribution < -0.4 is 0 Å². The third kappa shape index (κ3) is 10.0. The molecule has 2 heteroatoms. The minimum absolute atomic E-state index is 0. The maximum atomic E-state index is 5.19. The molecule has 0 saturated carbocycles. The number of hydrogen-bond donors (Lipinski definition) is 1. The molecule has 1 heterocycles. The first-order valence-corrected chi connectivity index (χ1v) is 15.3. The molecule has 0 saturated heterocycles. The summed E-state index contributed by atoms with van der Waals surface area (Å²) < 4.78 is 0. The van der Waals surface area contributed by atoms with Crippen LogP contribution in [0.25, 0.3) is 44.5 Å². The summed E-state index contributed by atoms with van der Waals surface area (Å²) in [6.45, 7) is 5.19. The SMILES string of the molecule is C1=CCC=C1.C1=Cc2ccccc2C1.[CH-]=Cc1[c-]cccc1.[W+2].c1ccc2c(c1)ccc1ccccc12.c1ccc2c[nH]cc2c1. The van der Waals surface area contributed by atoms with E-state index in [2.05, 4.69) is 145 Å². The van der Waals surface area contributed by atoms with E-state index in [1.165, 1.54) is 49.5 Å². The molecule has 0 amide bonds. The fraction of sp³-hybridized carbons (Fsp3) is 0.0455. The van der Waals surface area contributed by atoms with Crippen LogP contribution in [-0.4, -0.2) is 4.98 Å². The van der Waals surface area contributed by atoms with Crippen LogP contribution in [0.5, 0.6) is 0 Å². The number of fused-ring (bicyclic) bond motifs is 5. The molecule has 1 N–H and O–H groups in total. The predicted octanol–water partition coefficient (Wildman–Crippen LogP) is 11.8. The maximum absolute atomic E-state index is 5.19. The minimum Gasteiger partial charge on any atom is -0.366 e. The Balaban J connectivity index is 0.000000135. The van der Waals surface area contributed by atoms with Crippen LogP contribution in [0.15, 0.2) is 176 Å². The zero-order valence-electron chi connectivity index (χ0n) is 25.8. The predicted molar refractivity (Wildman–Crippen MR) is 196 cm³/mol. The molecular formula is C44H37NW. The fourth-order valence-electron chi connectivity index (χ4n) is 5.05. The average molecular weight is 764 g/mol. The quantitative estimate of drug-likeness (QED) is 0.127. The molecule has 0 spiro atoms. The van der Waals surface area contributed by atoms with E-state index in [4.69, 9.17) is 6.58 Å². The Kier molecular flexibility index (Phi) is 13.8. The summed E-state index contributed by atoms with van der Waals surface area (Å²) in [5, 5.41) is 7.85. The van der Waals surface area contributed by atoms with Gasteiger partial charge in [0.2, 0.25) is 0 Å². The smallest absolute Gasteiger partial charge is 0.366 e. The second kappa shape index (κ2) is 18.7. The summed E-state index contributed by atoms with van der Waals surface area (Å²) in [4.78, 5) is 3.04. The third-order valence-corrected chi connectivity index (χ3v) is 7.39. The molecule has 0 radical (unpaired) electrons. The van der Waals surface area contributed by atoms with E-state index >= 15 is 0 Å². The molecule has 0 bridgehead atoms. The molecule has 0 fully saturated rings. The zero-order valence-corrected chi connectivity index (χ0v) is 28.7. The number of nitrogens with one attached hydrogen (secondary N) is 1. The normalized spacial score (nSPS) is 11.4. The summed E-state index contributed by atoms with van der Waals surface area (Å²) in [6, 6.07) is 48.6. The van der Waals surface area contributed by atoms with Crippen molar-refractivity contribution in [2.75, 3.05) is 0 Å². The van der Waals surface area contributed by atoms with Gasteiger partial charge in [0.1, 0.15) is 0 Å². The van der Waals surface area contributed by atoms with Crippen molar-refractivity contribution in [3.63, 3.8) is 0 Å². The van der Waals surface area contributed by atoms with Gasteiger partial charge in [0.05, 0.1) is 0 Å². The number of aromatic amines is 1. The molecule has 9 rings (SSSR count). The second-order valence-electron chi connectivity index (χ2n) is 10.5. The van der Waals surface area contributed by atoms with Crippen molar-refractivity contribution in [1.29, 1.82) is 0 Å². The largest absolute Gasteiger partial charge is 2.00 e. The molecule has 1 nitrogen and oxygen atoms in total. The summed E-state index contributed by atoms with van der Waals surface area (Å²) >= 11 is 0. The van der Waals surface area contributed by atoms with Gasteiger partial charge in [0.25, 0.3) is 0 Å². The topological polar surface area (TPSA) is 15.8 Å². The van der Waals surface area contributed by atoms with Crippen molar-refractivity contribution >= 4 is 44.5 Å². The Hall–Kier alpha value is -4.97. The van der Waals surface area contributed by atoms with Gasteiger partial charge in [-0.2, -0.15) is 12.1 Å². The van der Waals surface area contributed by atoms with Crippen LogP contribution >= 0.6 is 0 Å². The van der Waals surface area contributed by atoms with E-state index in [0.29, 0.717) is 0 Å². The summed E-state index contributed by atoms with van der Waals surface area (Å²) in [7, 11) is 0. The van der Waals surface area contributed by atoms with Crippen molar-refractivity contribution in [3.05, 3.63) is 206 Å². The number of H-pyrrole nitrogens is 1. The maximum Gasteiger partial charge on any atom is 2.00 e. The Morgan fingerprint density at radius 2 is 1.11 bits per heavy atom. The van der Waals surface area contributed by atoms with E-state index < -0.39 is 0 Å². The van der Waals surface area contributed by atoms with E-state index in [0.717, 1.165) is 18.4 Å². The standard InChI is InChI=1S/C14H10.C9H8.C8H7N.C8H6.C5H6.W/c1-3-7-13-11(5-1)9-10-12-6-2-4-8-14(12)13;1-2-5-9-7-3-6-8(9)4-1;1-2-4-8-6-9-5-7(8)3-1;1-2-8-6-4-3-5-7-8;1-2-4-5-3-1;/h1-10H;1-6H,7H2;1-6,9H;1-6H;1-4H,5H2;/q;;;-2;;+2. The Labute approximate surface area is 287 Å². The van der Waals surface area contributed by atoms with Gasteiger partial charge in [-0.15, -0.1) is 6.07 Å². The summed E-state index contributed by atoms with van der Waals surface area (Å²) in [5.41, 5.74) is 3.78. The number of allylic oxidation sites excluding steroid dienone is 5. The van der Waals surface area contributed by atoms with Crippen molar-refractivity contribution in [1.82, 2.24) is 4.98 Å². The molecular weight excluding hydrogens is 726 g/mol. The van der Waals surface area contributed by atoms with Gasteiger partial charge < -0.3 is 23.2 Å². The Morgan fingerprint density at radius 3 is 1.61 bits per heavy atom. The van der Waals surface area contributed by atoms with E-state index in [1.54, 1.807) is 0 Å². The minimum atomic E-state index is 0. The molecule has 46 heavy (non-hydrogen) atoms. The van der Waals surface area contributed by atoms with Crippen molar-refractivity contribution in [2.24, 2.45) is 0 Å². The van der Waals surface area contributed by atoms with Gasteiger partial charge in [-0.1, -0.05) is 146 Å². The first-order chi connectivity index (χ1) is 22.3. The summed E-state index contributed by atoms with van der Waals surface area (Å²) in [6.07, 6.45) is 20.5. The molecule has 1 aromatic heterocycles. The molecule has 0 aliphatic heterocycles. The molecule has 2 aliphatic rings. The van der Waals surface area contributed by atoms with Crippen LogP contribution in [0.1, 0.15) is 23.1 Å². The Bertz CT molecular complexity index is 1930. The fourth-order valence-corrected chi connectivity index (χ4v) is 5.05. The van der Waals surface area contributed by atoms with Crippen molar-refractivity contribution in [2.45, 2.75) is 12.8 Å². The molecule has 2 aliphatic carbocycles. The average Bonchev–Trinajstić information content (AvgIpc) is 3.94. The third-order valence-electron chi connectivity index (χ3n) is 7.39. The van der Waals surface area contributed by atoms with Gasteiger partial charge >= 0.3 is 21.1 Å². The summed E-state index contributed by atoms with van der Waals surface area (Å²) in [5.74, 6) is 0. The number of hydrogen-bond acceptors (Lipinski definition) is 0. The van der Waals surface area contributed by atoms with Gasteiger partial charge in [0.15, 0.2) is 0 Å². The van der Waals surface area contributed by atoms with Crippen molar-refractivity contribution < 1.29 is 21.1 Å². The molecule has 6 aromatic carbocycles.